The van der Waals surface area contributed by atoms with Gasteiger partial charge in [0.15, 0.2) is 0 Å². The molecular formula is C20H18N4O2S. The maximum absolute atomic E-state index is 12.9. The second kappa shape index (κ2) is 7.33. The minimum atomic E-state index is -0.204. The Bertz CT molecular complexity index is 1120. The van der Waals surface area contributed by atoms with Crippen molar-refractivity contribution in [3.63, 3.8) is 0 Å². The zero-order chi connectivity index (χ0) is 18.8. The third-order valence-corrected chi connectivity index (χ3v) is 6.00. The van der Waals surface area contributed by atoms with Crippen LogP contribution in [-0.4, -0.2) is 15.5 Å². The van der Waals surface area contributed by atoms with Crippen LogP contribution in [0.15, 0.2) is 35.4 Å². The van der Waals surface area contributed by atoms with Gasteiger partial charge in [0.1, 0.15) is 4.83 Å². The van der Waals surface area contributed by atoms with Gasteiger partial charge in [0.25, 0.3) is 5.56 Å². The van der Waals surface area contributed by atoms with Crippen LogP contribution in [0.2, 0.25) is 0 Å². The van der Waals surface area contributed by atoms with Crippen LogP contribution in [0.1, 0.15) is 35.3 Å². The molecule has 0 aliphatic heterocycles. The van der Waals surface area contributed by atoms with Crippen LogP contribution < -0.4 is 10.9 Å². The summed E-state index contributed by atoms with van der Waals surface area (Å²) in [5, 5.41) is 12.4. The molecule has 0 saturated heterocycles. The van der Waals surface area contributed by atoms with Gasteiger partial charge < -0.3 is 5.32 Å². The molecule has 1 aliphatic carbocycles. The number of aromatic nitrogens is 2. The van der Waals surface area contributed by atoms with Crippen molar-refractivity contribution in [2.45, 2.75) is 38.6 Å². The van der Waals surface area contributed by atoms with Gasteiger partial charge in [-0.05, 0) is 49.4 Å². The van der Waals surface area contributed by atoms with Crippen LogP contribution in [0.5, 0.6) is 0 Å². The fourth-order valence-corrected chi connectivity index (χ4v) is 4.67. The number of benzene rings is 1. The Kier molecular flexibility index (Phi) is 4.73. The number of nitrogens with zero attached hydrogens (tertiary/aromatic N) is 3. The quantitative estimate of drug-likeness (QED) is 0.755. The van der Waals surface area contributed by atoms with Crippen LogP contribution in [0, 0.1) is 11.3 Å². The number of fused-ring (bicyclic) bond motifs is 3. The van der Waals surface area contributed by atoms with Gasteiger partial charge in [0.05, 0.1) is 23.3 Å². The van der Waals surface area contributed by atoms with Crippen molar-refractivity contribution in [2.24, 2.45) is 0 Å². The fraction of sp³-hybridized carbons (Fsp3) is 0.300. The van der Waals surface area contributed by atoms with E-state index in [9.17, 15) is 9.59 Å². The third kappa shape index (κ3) is 3.49. The second-order valence-corrected chi connectivity index (χ2v) is 7.71. The molecule has 1 N–H and O–H groups in total. The summed E-state index contributed by atoms with van der Waals surface area (Å²) in [5.41, 5.74) is 2.16. The van der Waals surface area contributed by atoms with E-state index < -0.39 is 0 Å². The number of anilines is 1. The van der Waals surface area contributed by atoms with Crippen molar-refractivity contribution in [3.05, 3.63) is 57.0 Å². The van der Waals surface area contributed by atoms with Gasteiger partial charge in [0, 0.05) is 23.5 Å². The van der Waals surface area contributed by atoms with Gasteiger partial charge >= 0.3 is 0 Å². The maximum atomic E-state index is 12.9. The Morgan fingerprint density at radius 2 is 2.19 bits per heavy atom. The van der Waals surface area contributed by atoms with Crippen LogP contribution in [0.3, 0.4) is 0 Å². The molecule has 0 atom stereocenters. The van der Waals surface area contributed by atoms with E-state index in [0.717, 1.165) is 35.0 Å². The first-order valence-corrected chi connectivity index (χ1v) is 9.77. The Labute approximate surface area is 160 Å². The van der Waals surface area contributed by atoms with Crippen LogP contribution in [0.4, 0.5) is 5.69 Å². The monoisotopic (exact) mass is 378 g/mol. The number of hydrogen-bond acceptors (Lipinski definition) is 5. The number of aryl methyl sites for hydroxylation is 3. The smallest absolute Gasteiger partial charge is 0.262 e. The third-order valence-electron chi connectivity index (χ3n) is 4.80. The lowest BCUT2D eigenvalue weighted by atomic mass is 9.97. The molecule has 27 heavy (non-hydrogen) atoms. The van der Waals surface area contributed by atoms with Crippen LogP contribution in [-0.2, 0) is 24.2 Å². The summed E-state index contributed by atoms with van der Waals surface area (Å²) in [6.45, 7) is 0.274. The number of amides is 1. The molecule has 1 aromatic carbocycles. The number of carbonyl (C=O) groups excluding carboxylic acids is 1. The molecule has 4 rings (SSSR count). The van der Waals surface area contributed by atoms with E-state index in [0.29, 0.717) is 11.3 Å². The largest absolute Gasteiger partial charge is 0.326 e. The van der Waals surface area contributed by atoms with Gasteiger partial charge in [0.2, 0.25) is 5.91 Å². The Morgan fingerprint density at radius 3 is 3.04 bits per heavy atom. The van der Waals surface area contributed by atoms with E-state index in [2.05, 4.69) is 10.3 Å². The first kappa shape index (κ1) is 17.4. The average molecular weight is 378 g/mol. The lowest BCUT2D eigenvalue weighted by molar-refractivity contribution is -0.116. The van der Waals surface area contributed by atoms with E-state index in [4.69, 9.17) is 5.26 Å². The molecule has 2 heterocycles. The lowest BCUT2D eigenvalue weighted by Gasteiger charge is -2.10. The zero-order valence-electron chi connectivity index (χ0n) is 14.7. The van der Waals surface area contributed by atoms with Crippen molar-refractivity contribution in [3.8, 4) is 6.07 Å². The standard InChI is InChI=1S/C20H18N4O2S/c21-11-13-4-3-5-14(10-13)23-17(25)8-9-24-12-22-19-18(20(24)26)15-6-1-2-7-16(15)27-19/h3-5,10,12H,1-2,6-9H2,(H,23,25). The Morgan fingerprint density at radius 1 is 1.33 bits per heavy atom. The highest BCUT2D eigenvalue weighted by Crippen LogP contribution is 2.33. The minimum Gasteiger partial charge on any atom is -0.326 e. The number of nitriles is 1. The van der Waals surface area contributed by atoms with Crippen LogP contribution in [0.25, 0.3) is 10.2 Å². The first-order valence-electron chi connectivity index (χ1n) is 8.95. The van der Waals surface area contributed by atoms with E-state index in [1.54, 1.807) is 35.6 Å². The van der Waals surface area contributed by atoms with E-state index in [-0.39, 0.29) is 24.4 Å². The highest BCUT2D eigenvalue weighted by Gasteiger charge is 2.20. The first-order chi connectivity index (χ1) is 13.2. The maximum Gasteiger partial charge on any atom is 0.262 e. The highest BCUT2D eigenvalue weighted by molar-refractivity contribution is 7.18. The van der Waals surface area contributed by atoms with Crippen LogP contribution >= 0.6 is 11.3 Å². The molecule has 136 valence electrons. The van der Waals surface area contributed by atoms with Gasteiger partial charge in [-0.3, -0.25) is 14.2 Å². The van der Waals surface area contributed by atoms with Gasteiger partial charge in [-0.1, -0.05) is 6.07 Å². The fourth-order valence-electron chi connectivity index (χ4n) is 3.45. The minimum absolute atomic E-state index is 0.0568. The summed E-state index contributed by atoms with van der Waals surface area (Å²) < 4.78 is 1.52. The summed E-state index contributed by atoms with van der Waals surface area (Å²) in [6.07, 6.45) is 5.94. The number of rotatable bonds is 4. The molecule has 6 nitrogen and oxygen atoms in total. The van der Waals surface area contributed by atoms with E-state index in [1.807, 2.05) is 6.07 Å². The topological polar surface area (TPSA) is 87.8 Å². The van der Waals surface area contributed by atoms with E-state index >= 15 is 0 Å². The molecule has 0 fully saturated rings. The van der Waals surface area contributed by atoms with Crippen molar-refractivity contribution in [2.75, 3.05) is 5.32 Å². The molecule has 2 aromatic heterocycles. The molecule has 0 radical (unpaired) electrons. The summed E-state index contributed by atoms with van der Waals surface area (Å²) in [4.78, 5) is 31.6. The molecule has 0 saturated carbocycles. The number of nitrogens with one attached hydrogen (secondary N) is 1. The molecule has 7 heteroatoms. The summed E-state index contributed by atoms with van der Waals surface area (Å²) >= 11 is 1.62. The molecule has 0 unspecified atom stereocenters. The number of hydrogen-bond donors (Lipinski definition) is 1. The number of thiophene rings is 1. The number of carbonyl (C=O) groups is 1. The molecule has 0 spiro atoms. The van der Waals surface area contributed by atoms with Gasteiger partial charge in [-0.2, -0.15) is 5.26 Å². The summed E-state index contributed by atoms with van der Waals surface area (Å²) in [5.74, 6) is -0.204. The van der Waals surface area contributed by atoms with Crippen molar-refractivity contribution < 1.29 is 4.79 Å². The van der Waals surface area contributed by atoms with Crippen molar-refractivity contribution in [1.29, 1.82) is 5.26 Å². The van der Waals surface area contributed by atoms with Gasteiger partial charge in [-0.25, -0.2) is 4.98 Å². The SMILES string of the molecule is N#Cc1cccc(NC(=O)CCn2cnc3sc4c(c3c2=O)CCCC4)c1. The predicted octanol–water partition coefficient (Wildman–Crippen LogP) is 3.24. The Hall–Kier alpha value is -2.98. The van der Waals surface area contributed by atoms with Crippen molar-refractivity contribution in [1.82, 2.24) is 9.55 Å². The molecule has 3 aromatic rings. The van der Waals surface area contributed by atoms with Gasteiger partial charge in [-0.15, -0.1) is 11.3 Å². The second-order valence-electron chi connectivity index (χ2n) is 6.62. The predicted molar refractivity (Wildman–Crippen MR) is 105 cm³/mol. The molecule has 1 aliphatic rings. The highest BCUT2D eigenvalue weighted by atomic mass is 32.1. The van der Waals surface area contributed by atoms with E-state index in [1.165, 1.54) is 22.2 Å². The summed E-state index contributed by atoms with van der Waals surface area (Å²) in [6, 6.07) is 8.79. The summed E-state index contributed by atoms with van der Waals surface area (Å²) in [7, 11) is 0. The normalized spacial score (nSPS) is 13.1. The zero-order valence-corrected chi connectivity index (χ0v) is 15.5. The Balaban J connectivity index is 1.50. The molecule has 0 bridgehead atoms. The average Bonchev–Trinajstić information content (AvgIpc) is 3.07. The lowest BCUT2D eigenvalue weighted by Crippen LogP contribution is -2.24. The van der Waals surface area contributed by atoms with Crippen molar-refractivity contribution >= 4 is 33.1 Å². The molecule has 1 amide bonds. The molecular weight excluding hydrogens is 360 g/mol.